The van der Waals surface area contributed by atoms with Crippen LogP contribution in [-0.4, -0.2) is 25.2 Å². The van der Waals surface area contributed by atoms with E-state index >= 15 is 0 Å². The molecule has 8 nitrogen and oxygen atoms in total. The lowest BCUT2D eigenvalue weighted by molar-refractivity contribution is -0.604. The summed E-state index contributed by atoms with van der Waals surface area (Å²) in [5.74, 6) is 0.900. The Morgan fingerprint density at radius 3 is 2.84 bits per heavy atom. The van der Waals surface area contributed by atoms with Crippen molar-refractivity contribution < 1.29 is 9.47 Å². The fraction of sp³-hybridized carbons (Fsp3) is 0.391. The van der Waals surface area contributed by atoms with Gasteiger partial charge in [0.05, 0.1) is 29.1 Å². The molecule has 4 aromatic rings. The summed E-state index contributed by atoms with van der Waals surface area (Å²) in [6.07, 6.45) is 6.64. The Bertz CT molecular complexity index is 1380. The first-order valence-corrected chi connectivity index (χ1v) is 11.3. The summed E-state index contributed by atoms with van der Waals surface area (Å²) in [5.41, 5.74) is 1.81. The highest BCUT2D eigenvalue weighted by molar-refractivity contribution is 6.31. The van der Waals surface area contributed by atoms with Gasteiger partial charge in [0.15, 0.2) is 12.0 Å². The average Bonchev–Trinajstić information content (AvgIpc) is 3.54. The van der Waals surface area contributed by atoms with Crippen LogP contribution >= 0.6 is 11.6 Å². The highest BCUT2D eigenvalue weighted by Gasteiger charge is 2.30. The van der Waals surface area contributed by atoms with Gasteiger partial charge in [0.2, 0.25) is 12.1 Å². The van der Waals surface area contributed by atoms with Gasteiger partial charge in [0, 0.05) is 17.1 Å². The lowest BCUT2D eigenvalue weighted by Crippen LogP contribution is -2.26. The number of ether oxygens (including phenoxy) is 1. The molecule has 1 saturated carbocycles. The molecule has 0 amide bonds. The number of fused-ring (bicyclic) bond motifs is 2. The second-order valence-corrected chi connectivity index (χ2v) is 8.81. The Hall–Kier alpha value is -3.13. The Kier molecular flexibility index (Phi) is 5.25. The van der Waals surface area contributed by atoms with Gasteiger partial charge in [0.25, 0.3) is 0 Å². The van der Waals surface area contributed by atoms with E-state index in [-0.39, 0.29) is 24.4 Å². The molecule has 0 saturated heterocycles. The summed E-state index contributed by atoms with van der Waals surface area (Å²) in [7, 11) is 0. The predicted octanol–water partition coefficient (Wildman–Crippen LogP) is 3.98. The van der Waals surface area contributed by atoms with E-state index in [0.717, 1.165) is 36.6 Å². The maximum absolute atomic E-state index is 13.3. The molecule has 1 aromatic carbocycles. The minimum absolute atomic E-state index is 0.0134. The highest BCUT2D eigenvalue weighted by Crippen LogP contribution is 2.36. The lowest BCUT2D eigenvalue weighted by Gasteiger charge is -2.15. The number of imidazole rings is 1. The number of hydrogen-bond donors (Lipinski definition) is 0. The van der Waals surface area contributed by atoms with Gasteiger partial charge in [-0.3, -0.25) is 9.13 Å². The fourth-order valence-electron chi connectivity index (χ4n) is 4.12. The molecule has 0 aliphatic heterocycles. The lowest BCUT2D eigenvalue weighted by atomic mass is 10.2. The van der Waals surface area contributed by atoms with E-state index in [1.54, 1.807) is 27.3 Å². The van der Waals surface area contributed by atoms with Crippen LogP contribution in [0.15, 0.2) is 41.5 Å². The number of hydrogen-bond acceptors (Lipinski definition) is 5. The van der Waals surface area contributed by atoms with Crippen molar-refractivity contribution in [2.75, 3.05) is 0 Å². The van der Waals surface area contributed by atoms with E-state index in [9.17, 15) is 10.0 Å². The smallest absolute Gasteiger partial charge is 0.329 e. The summed E-state index contributed by atoms with van der Waals surface area (Å²) in [4.78, 5) is 22.6. The Morgan fingerprint density at radius 2 is 2.09 bits per heavy atom. The van der Waals surface area contributed by atoms with Crippen molar-refractivity contribution in [2.24, 2.45) is 0 Å². The Balaban J connectivity index is 1.63. The third-order valence-electron chi connectivity index (χ3n) is 5.77. The molecule has 1 aliphatic carbocycles. The Morgan fingerprint density at radius 1 is 1.28 bits per heavy atom. The van der Waals surface area contributed by atoms with Crippen LogP contribution in [0.4, 0.5) is 0 Å². The molecule has 1 unspecified atom stereocenters. The van der Waals surface area contributed by atoms with Crippen LogP contribution in [0.5, 0.6) is 5.88 Å². The first kappa shape index (κ1) is 20.8. The van der Waals surface area contributed by atoms with Crippen molar-refractivity contribution in [2.45, 2.75) is 58.2 Å². The first-order chi connectivity index (χ1) is 15.4. The monoisotopic (exact) mass is 453 g/mol. The van der Waals surface area contributed by atoms with E-state index in [2.05, 4.69) is 16.9 Å². The molecule has 3 aromatic heterocycles. The maximum atomic E-state index is 13.3. The van der Waals surface area contributed by atoms with Crippen LogP contribution in [0.25, 0.3) is 21.9 Å². The molecule has 0 radical (unpaired) electrons. The van der Waals surface area contributed by atoms with Crippen molar-refractivity contribution in [3.05, 3.63) is 63.2 Å². The predicted molar refractivity (Wildman–Crippen MR) is 122 cm³/mol. The molecule has 1 fully saturated rings. The van der Waals surface area contributed by atoms with Gasteiger partial charge in [-0.2, -0.15) is 9.71 Å². The topological polar surface area (TPSA) is 88.9 Å². The van der Waals surface area contributed by atoms with Gasteiger partial charge < -0.3 is 9.94 Å². The summed E-state index contributed by atoms with van der Waals surface area (Å²) in [5, 5.41) is 13.3. The van der Waals surface area contributed by atoms with Gasteiger partial charge >= 0.3 is 5.69 Å². The molecule has 166 valence electrons. The van der Waals surface area contributed by atoms with Gasteiger partial charge in [-0.1, -0.05) is 24.9 Å². The number of benzene rings is 1. The second-order valence-electron chi connectivity index (χ2n) is 8.37. The molecule has 1 atom stereocenters. The number of nitrogens with zero attached hydrogens (tertiary/aromatic N) is 5. The average molecular weight is 454 g/mol. The molecular formula is C23H24ClN5O3. The van der Waals surface area contributed by atoms with Crippen molar-refractivity contribution in [1.29, 1.82) is 0 Å². The van der Waals surface area contributed by atoms with Crippen molar-refractivity contribution in [3.8, 4) is 5.88 Å². The molecule has 9 heteroatoms. The number of halogens is 1. The van der Waals surface area contributed by atoms with Crippen molar-refractivity contribution >= 4 is 33.5 Å². The van der Waals surface area contributed by atoms with Gasteiger partial charge in [0.1, 0.15) is 5.52 Å². The molecule has 0 bridgehead atoms. The van der Waals surface area contributed by atoms with Crippen LogP contribution in [0, 0.1) is 5.21 Å². The largest absolute Gasteiger partial charge is 0.619 e. The van der Waals surface area contributed by atoms with E-state index in [1.165, 1.54) is 12.4 Å². The van der Waals surface area contributed by atoms with E-state index in [0.29, 0.717) is 32.5 Å². The second kappa shape index (κ2) is 8.09. The third-order valence-corrected chi connectivity index (χ3v) is 6.00. The van der Waals surface area contributed by atoms with Crippen molar-refractivity contribution in [1.82, 2.24) is 19.1 Å². The quantitative estimate of drug-likeness (QED) is 0.312. The minimum atomic E-state index is -0.162. The van der Waals surface area contributed by atoms with Crippen LogP contribution < -0.4 is 15.2 Å². The molecule has 0 spiro atoms. The maximum Gasteiger partial charge on any atom is 0.329 e. The molecule has 0 N–H and O–H groups in total. The molecule has 1 aliphatic rings. The van der Waals surface area contributed by atoms with E-state index in [4.69, 9.17) is 16.3 Å². The molecule has 32 heavy (non-hydrogen) atoms. The number of rotatable bonds is 7. The van der Waals surface area contributed by atoms with Gasteiger partial charge in [-0.05, 0) is 44.4 Å². The van der Waals surface area contributed by atoms with Gasteiger partial charge in [-0.25, -0.2) is 9.78 Å². The van der Waals surface area contributed by atoms with E-state index in [1.807, 2.05) is 13.0 Å². The van der Waals surface area contributed by atoms with E-state index < -0.39 is 0 Å². The number of aromatic nitrogens is 5. The van der Waals surface area contributed by atoms with Gasteiger partial charge in [-0.15, -0.1) is 0 Å². The fourth-order valence-corrected chi connectivity index (χ4v) is 4.29. The summed E-state index contributed by atoms with van der Waals surface area (Å²) < 4.78 is 10.2. The van der Waals surface area contributed by atoms with Crippen LogP contribution in [0.1, 0.15) is 51.4 Å². The zero-order valence-corrected chi connectivity index (χ0v) is 18.7. The minimum Gasteiger partial charge on any atom is -0.619 e. The molecule has 5 rings (SSSR count). The van der Waals surface area contributed by atoms with Crippen LogP contribution in [0.3, 0.4) is 0 Å². The Labute approximate surface area is 189 Å². The summed E-state index contributed by atoms with van der Waals surface area (Å²) in [6.45, 7) is 4.24. The SMILES string of the molecule is CCCC(C)Oc1nc(Cn2c(=O)n(C3CC3)c3cc[n+]([O-])cc32)nc2cc(Cl)ccc12. The summed E-state index contributed by atoms with van der Waals surface area (Å²) in [6, 6.07) is 7.27. The highest BCUT2D eigenvalue weighted by atomic mass is 35.5. The number of pyridine rings is 1. The standard InChI is InChI=1S/C23H24ClN5O3/c1-3-4-14(2)32-22-17-8-5-15(24)11-18(17)25-21(26-22)13-28-20-12-27(31)10-9-19(20)29(23(28)30)16-6-7-16/h5,8-12,14,16H,3-4,6-7,13H2,1-2H3. The third kappa shape index (κ3) is 3.79. The van der Waals surface area contributed by atoms with Crippen LogP contribution in [-0.2, 0) is 6.54 Å². The molecular weight excluding hydrogens is 430 g/mol. The van der Waals surface area contributed by atoms with Crippen LogP contribution in [0.2, 0.25) is 5.02 Å². The zero-order chi connectivity index (χ0) is 22.4. The first-order valence-electron chi connectivity index (χ1n) is 10.9. The van der Waals surface area contributed by atoms with Crippen molar-refractivity contribution in [3.63, 3.8) is 0 Å². The molecule has 3 heterocycles. The zero-order valence-electron chi connectivity index (χ0n) is 18.0. The summed E-state index contributed by atoms with van der Waals surface area (Å²) >= 11 is 6.21. The normalized spacial score (nSPS) is 14.8.